The van der Waals surface area contributed by atoms with Gasteiger partial charge in [-0.15, -0.1) is 0 Å². The van der Waals surface area contributed by atoms with Crippen molar-refractivity contribution in [3.63, 3.8) is 0 Å². The molecule has 2 aromatic heterocycles. The third kappa shape index (κ3) is 4.02. The third-order valence-electron chi connectivity index (χ3n) is 5.96. The Balaban J connectivity index is 1.55. The molecule has 2 heterocycles. The van der Waals surface area contributed by atoms with E-state index in [0.717, 1.165) is 43.5 Å². The van der Waals surface area contributed by atoms with E-state index in [0.29, 0.717) is 23.8 Å². The number of nitrogens with one attached hydrogen (secondary N) is 2. The van der Waals surface area contributed by atoms with Gasteiger partial charge < -0.3 is 4.98 Å². The Morgan fingerprint density at radius 3 is 2.59 bits per heavy atom. The topological polar surface area (TPSA) is 78.6 Å². The SMILES string of the molecule is O=c1[nH]c(C2CCC(C3C=CC=CC3)CC2)c(Cc2ccccn2)c(=O)[nH]1. The van der Waals surface area contributed by atoms with Crippen LogP contribution in [-0.2, 0) is 6.42 Å². The van der Waals surface area contributed by atoms with Crippen molar-refractivity contribution >= 4 is 0 Å². The maximum atomic E-state index is 12.5. The molecule has 0 spiro atoms. The lowest BCUT2D eigenvalue weighted by atomic mass is 9.72. The van der Waals surface area contributed by atoms with Crippen LogP contribution in [0.4, 0.5) is 0 Å². The van der Waals surface area contributed by atoms with Gasteiger partial charge in [0.2, 0.25) is 0 Å². The van der Waals surface area contributed by atoms with Gasteiger partial charge in [-0.25, -0.2) is 4.79 Å². The normalized spacial score (nSPS) is 24.8. The van der Waals surface area contributed by atoms with E-state index < -0.39 is 5.69 Å². The van der Waals surface area contributed by atoms with Crippen LogP contribution in [0.3, 0.4) is 0 Å². The van der Waals surface area contributed by atoms with Gasteiger partial charge in [0.1, 0.15) is 0 Å². The van der Waals surface area contributed by atoms with E-state index in [4.69, 9.17) is 0 Å². The zero-order valence-corrected chi connectivity index (χ0v) is 15.4. The van der Waals surface area contributed by atoms with Crippen molar-refractivity contribution in [1.82, 2.24) is 15.0 Å². The first-order valence-corrected chi connectivity index (χ1v) is 9.79. The number of hydrogen-bond acceptors (Lipinski definition) is 3. The van der Waals surface area contributed by atoms with Crippen LogP contribution in [0.2, 0.25) is 0 Å². The van der Waals surface area contributed by atoms with Crippen molar-refractivity contribution in [2.45, 2.75) is 44.4 Å². The number of H-pyrrole nitrogens is 2. The van der Waals surface area contributed by atoms with E-state index in [1.807, 2.05) is 18.2 Å². The number of aromatic amines is 2. The van der Waals surface area contributed by atoms with Gasteiger partial charge in [-0.1, -0.05) is 30.4 Å². The highest BCUT2D eigenvalue weighted by Crippen LogP contribution is 2.40. The summed E-state index contributed by atoms with van der Waals surface area (Å²) < 4.78 is 0. The fourth-order valence-corrected chi connectivity index (χ4v) is 4.52. The zero-order chi connectivity index (χ0) is 18.6. The first-order valence-electron chi connectivity index (χ1n) is 9.79. The Bertz CT molecular complexity index is 948. The van der Waals surface area contributed by atoms with E-state index >= 15 is 0 Å². The van der Waals surface area contributed by atoms with Gasteiger partial charge in [-0.2, -0.15) is 0 Å². The molecule has 1 fully saturated rings. The predicted octanol–water partition coefficient (Wildman–Crippen LogP) is 3.46. The number of rotatable bonds is 4. The van der Waals surface area contributed by atoms with Gasteiger partial charge >= 0.3 is 5.69 Å². The van der Waals surface area contributed by atoms with Crippen molar-refractivity contribution in [2.24, 2.45) is 11.8 Å². The van der Waals surface area contributed by atoms with E-state index in [9.17, 15) is 9.59 Å². The molecule has 27 heavy (non-hydrogen) atoms. The molecule has 0 amide bonds. The Morgan fingerprint density at radius 1 is 1.04 bits per heavy atom. The summed E-state index contributed by atoms with van der Waals surface area (Å²) in [6.07, 6.45) is 16.4. The number of pyridine rings is 1. The van der Waals surface area contributed by atoms with E-state index in [1.165, 1.54) is 0 Å². The van der Waals surface area contributed by atoms with Crippen LogP contribution in [0.25, 0.3) is 0 Å². The number of aromatic nitrogens is 3. The first-order chi connectivity index (χ1) is 13.2. The Kier molecular flexibility index (Phi) is 5.19. The molecule has 0 radical (unpaired) electrons. The van der Waals surface area contributed by atoms with Crippen LogP contribution in [0, 0.1) is 11.8 Å². The van der Waals surface area contributed by atoms with Crippen LogP contribution in [0.15, 0.2) is 58.3 Å². The van der Waals surface area contributed by atoms with Gasteiger partial charge in [-0.05, 0) is 62.0 Å². The van der Waals surface area contributed by atoms with Crippen LogP contribution >= 0.6 is 0 Å². The lowest BCUT2D eigenvalue weighted by Gasteiger charge is -2.33. The van der Waals surface area contributed by atoms with E-state index in [1.54, 1.807) is 6.20 Å². The minimum Gasteiger partial charge on any atom is -0.311 e. The largest absolute Gasteiger partial charge is 0.325 e. The van der Waals surface area contributed by atoms with Crippen LogP contribution in [0.1, 0.15) is 55.0 Å². The first kappa shape index (κ1) is 17.7. The summed E-state index contributed by atoms with van der Waals surface area (Å²) in [6.45, 7) is 0. The average Bonchev–Trinajstić information content (AvgIpc) is 2.71. The number of hydrogen-bond donors (Lipinski definition) is 2. The second kappa shape index (κ2) is 7.91. The maximum absolute atomic E-state index is 12.5. The number of allylic oxidation sites excluding steroid dienone is 4. The maximum Gasteiger partial charge on any atom is 0.325 e. The molecule has 1 unspecified atom stereocenters. The highest BCUT2D eigenvalue weighted by Gasteiger charge is 2.29. The summed E-state index contributed by atoms with van der Waals surface area (Å²) in [5.41, 5.74) is 1.59. The summed E-state index contributed by atoms with van der Waals surface area (Å²) in [6, 6.07) is 5.69. The Labute approximate surface area is 158 Å². The highest BCUT2D eigenvalue weighted by molar-refractivity contribution is 5.26. The fourth-order valence-electron chi connectivity index (χ4n) is 4.52. The molecular formula is C22H25N3O2. The average molecular weight is 363 g/mol. The van der Waals surface area contributed by atoms with Crippen LogP contribution in [-0.4, -0.2) is 15.0 Å². The summed E-state index contributed by atoms with van der Waals surface area (Å²) in [5, 5.41) is 0. The molecule has 0 saturated heterocycles. The second-order valence-electron chi connectivity index (χ2n) is 7.62. The molecule has 2 aromatic rings. The Hall–Kier alpha value is -2.69. The molecule has 4 rings (SSSR count). The number of nitrogens with zero attached hydrogens (tertiary/aromatic N) is 1. The molecule has 0 bridgehead atoms. The van der Waals surface area contributed by atoms with Crippen LogP contribution < -0.4 is 11.2 Å². The fraction of sp³-hybridized carbons (Fsp3) is 0.409. The quantitative estimate of drug-likeness (QED) is 0.873. The molecular weight excluding hydrogens is 338 g/mol. The monoisotopic (exact) mass is 363 g/mol. The Morgan fingerprint density at radius 2 is 1.89 bits per heavy atom. The zero-order valence-electron chi connectivity index (χ0n) is 15.4. The van der Waals surface area contributed by atoms with Crippen molar-refractivity contribution in [3.05, 3.63) is 86.5 Å². The minimum atomic E-state index is -0.415. The van der Waals surface area contributed by atoms with Gasteiger partial charge in [0, 0.05) is 29.6 Å². The standard InChI is InChI=1S/C22H25N3O2/c26-21-19(14-18-8-4-5-13-23-18)20(24-22(27)25-21)17-11-9-16(10-12-17)15-6-2-1-3-7-15/h1-6,8,13,15-17H,7,9-12,14H2,(H2,24,25,26,27). The molecule has 140 valence electrons. The second-order valence-corrected chi connectivity index (χ2v) is 7.62. The molecule has 5 nitrogen and oxygen atoms in total. The van der Waals surface area contributed by atoms with Gasteiger partial charge in [-0.3, -0.25) is 14.8 Å². The van der Waals surface area contributed by atoms with Crippen LogP contribution in [0.5, 0.6) is 0 Å². The van der Waals surface area contributed by atoms with Crippen molar-refractivity contribution in [1.29, 1.82) is 0 Å². The van der Waals surface area contributed by atoms with Crippen molar-refractivity contribution in [2.75, 3.05) is 0 Å². The van der Waals surface area contributed by atoms with Gasteiger partial charge in [0.05, 0.1) is 0 Å². The molecule has 2 N–H and O–H groups in total. The lowest BCUT2D eigenvalue weighted by Crippen LogP contribution is -2.31. The van der Waals surface area contributed by atoms with Gasteiger partial charge in [0.25, 0.3) is 5.56 Å². The molecule has 1 atom stereocenters. The molecule has 5 heteroatoms. The van der Waals surface area contributed by atoms with Gasteiger partial charge in [0.15, 0.2) is 0 Å². The molecule has 0 aliphatic heterocycles. The molecule has 0 aromatic carbocycles. The summed E-state index contributed by atoms with van der Waals surface area (Å²) in [7, 11) is 0. The predicted molar refractivity (Wildman–Crippen MR) is 106 cm³/mol. The molecule has 2 aliphatic rings. The van der Waals surface area contributed by atoms with Crippen molar-refractivity contribution in [3.8, 4) is 0 Å². The lowest BCUT2D eigenvalue weighted by molar-refractivity contribution is 0.262. The molecule has 1 saturated carbocycles. The third-order valence-corrected chi connectivity index (χ3v) is 5.96. The van der Waals surface area contributed by atoms with E-state index in [-0.39, 0.29) is 11.5 Å². The summed E-state index contributed by atoms with van der Waals surface area (Å²) in [5.74, 6) is 1.55. The summed E-state index contributed by atoms with van der Waals surface area (Å²) in [4.78, 5) is 34.1. The van der Waals surface area contributed by atoms with Crippen molar-refractivity contribution < 1.29 is 0 Å². The minimum absolute atomic E-state index is 0.234. The molecule has 2 aliphatic carbocycles. The highest BCUT2D eigenvalue weighted by atomic mass is 16.2. The van der Waals surface area contributed by atoms with E-state index in [2.05, 4.69) is 39.3 Å². The summed E-state index contributed by atoms with van der Waals surface area (Å²) >= 11 is 0. The smallest absolute Gasteiger partial charge is 0.311 e.